The summed E-state index contributed by atoms with van der Waals surface area (Å²) in [7, 11) is 3.73. The Morgan fingerprint density at radius 2 is 1.87 bits per heavy atom. The lowest BCUT2D eigenvalue weighted by Gasteiger charge is -2.17. The fraction of sp³-hybridized carbons (Fsp3) is 0.240. The fourth-order valence-corrected chi connectivity index (χ4v) is 4.76. The number of hydrogen-bond acceptors (Lipinski definition) is 8. The Hall–Kier alpha value is -4.39. The van der Waals surface area contributed by atoms with Gasteiger partial charge >= 0.3 is 5.69 Å². The maximum Gasteiger partial charge on any atom is 0.328 e. The zero-order valence-corrected chi connectivity index (χ0v) is 21.5. The highest BCUT2D eigenvalue weighted by atomic mass is 32.2. The second-order valence-electron chi connectivity index (χ2n) is 8.81. The molecule has 5 N–H and O–H groups in total. The lowest BCUT2D eigenvalue weighted by molar-refractivity contribution is -0.122. The van der Waals surface area contributed by atoms with Crippen molar-refractivity contribution in [2.75, 3.05) is 24.3 Å². The quantitative estimate of drug-likeness (QED) is 0.306. The lowest BCUT2D eigenvalue weighted by atomic mass is 10.0. The number of H-pyrrole nitrogens is 2. The number of rotatable bonds is 7. The van der Waals surface area contributed by atoms with Crippen LogP contribution in [0.5, 0.6) is 5.88 Å². The number of thioether (sulfide) groups is 1. The Balaban J connectivity index is 1.59. The first-order valence-electron chi connectivity index (χ1n) is 11.5. The number of aliphatic imine (C=N–C) groups is 1. The molecule has 0 saturated carbocycles. The molecule has 38 heavy (non-hydrogen) atoms. The first-order valence-corrected chi connectivity index (χ1v) is 12.3. The van der Waals surface area contributed by atoms with Gasteiger partial charge in [-0.2, -0.15) is 0 Å². The second kappa shape index (κ2) is 10.9. The zero-order valence-electron chi connectivity index (χ0n) is 20.7. The van der Waals surface area contributed by atoms with E-state index in [9.17, 15) is 28.7 Å². The zero-order chi connectivity index (χ0) is 27.6. The van der Waals surface area contributed by atoms with Crippen LogP contribution < -0.4 is 26.8 Å². The minimum Gasteiger partial charge on any atom is -0.494 e. The molecule has 1 aliphatic rings. The van der Waals surface area contributed by atoms with Crippen molar-refractivity contribution in [1.82, 2.24) is 15.3 Å². The number of hydrogen-bond donors (Lipinski definition) is 5. The van der Waals surface area contributed by atoms with E-state index in [0.717, 1.165) is 17.4 Å². The Bertz CT molecular complexity index is 1530. The van der Waals surface area contributed by atoms with Gasteiger partial charge in [0.05, 0.1) is 0 Å². The number of halogens is 1. The highest BCUT2D eigenvalue weighted by Crippen LogP contribution is 2.32. The van der Waals surface area contributed by atoms with Gasteiger partial charge in [-0.25, -0.2) is 14.2 Å². The number of aromatic amines is 2. The van der Waals surface area contributed by atoms with E-state index in [1.165, 1.54) is 12.1 Å². The van der Waals surface area contributed by atoms with Gasteiger partial charge in [-0.3, -0.25) is 24.4 Å². The van der Waals surface area contributed by atoms with Gasteiger partial charge in [0, 0.05) is 31.9 Å². The van der Waals surface area contributed by atoms with E-state index in [-0.39, 0.29) is 22.8 Å². The third-order valence-corrected chi connectivity index (χ3v) is 6.90. The normalized spacial score (nSPS) is 16.8. The summed E-state index contributed by atoms with van der Waals surface area (Å²) in [4.78, 5) is 60.0. The van der Waals surface area contributed by atoms with Crippen molar-refractivity contribution in [2.24, 2.45) is 4.99 Å². The number of carbonyl (C=O) groups excluding carboxylic acids is 2. The van der Waals surface area contributed by atoms with Crippen LogP contribution in [0.25, 0.3) is 0 Å². The molecule has 2 amide bonds. The summed E-state index contributed by atoms with van der Waals surface area (Å²) in [6.45, 7) is 1.60. The van der Waals surface area contributed by atoms with Gasteiger partial charge in [0.15, 0.2) is 5.17 Å². The summed E-state index contributed by atoms with van der Waals surface area (Å²) < 4.78 is 13.8. The molecule has 3 aromatic rings. The molecule has 11 nitrogen and oxygen atoms in total. The molecule has 2 heterocycles. The van der Waals surface area contributed by atoms with Crippen molar-refractivity contribution in [3.8, 4) is 5.88 Å². The van der Waals surface area contributed by atoms with Crippen LogP contribution in [0.4, 0.5) is 15.8 Å². The van der Waals surface area contributed by atoms with Crippen LogP contribution in [-0.2, 0) is 9.59 Å². The molecule has 2 aromatic carbocycles. The number of anilines is 2. The van der Waals surface area contributed by atoms with Crippen molar-refractivity contribution in [3.63, 3.8) is 0 Å². The average Bonchev–Trinajstić information content (AvgIpc) is 3.18. The molecule has 4 rings (SSSR count). The molecule has 0 radical (unpaired) electrons. The van der Waals surface area contributed by atoms with Crippen LogP contribution in [0, 0.1) is 12.7 Å². The minimum absolute atomic E-state index is 0.126. The maximum absolute atomic E-state index is 13.8. The van der Waals surface area contributed by atoms with Gasteiger partial charge in [-0.05, 0) is 42.3 Å². The van der Waals surface area contributed by atoms with E-state index in [2.05, 4.69) is 25.6 Å². The molecule has 1 aromatic heterocycles. The molecule has 1 aliphatic heterocycles. The molecular weight excluding hydrogens is 515 g/mol. The molecule has 2 atom stereocenters. The minimum atomic E-state index is -1.09. The van der Waals surface area contributed by atoms with E-state index < -0.39 is 46.1 Å². The molecule has 198 valence electrons. The van der Waals surface area contributed by atoms with Gasteiger partial charge < -0.3 is 20.6 Å². The van der Waals surface area contributed by atoms with Gasteiger partial charge in [-0.15, -0.1) is 0 Å². The van der Waals surface area contributed by atoms with Crippen LogP contribution in [0.2, 0.25) is 0 Å². The van der Waals surface area contributed by atoms with Crippen LogP contribution in [0.1, 0.15) is 29.2 Å². The number of benzene rings is 2. The van der Waals surface area contributed by atoms with Crippen molar-refractivity contribution in [1.29, 1.82) is 0 Å². The van der Waals surface area contributed by atoms with Gasteiger partial charge in [0.1, 0.15) is 22.7 Å². The predicted molar refractivity (Wildman–Crippen MR) is 143 cm³/mol. The SMILES string of the molecule is Cc1ccc(NC(=O)C[C@@H]2SC(=N[C@H](c3ccc(N(C)C)cc3)c3c(O)[nH]c(=O)[nH]c3=O)NC2=O)cc1F. The summed E-state index contributed by atoms with van der Waals surface area (Å²) in [5.41, 5.74) is 0.155. The molecule has 13 heteroatoms. The number of aromatic hydroxyl groups is 1. The largest absolute Gasteiger partial charge is 0.494 e. The molecular formula is C25H25FN6O5S. The van der Waals surface area contributed by atoms with Gasteiger partial charge in [0.25, 0.3) is 5.56 Å². The van der Waals surface area contributed by atoms with E-state index in [1.54, 1.807) is 37.3 Å². The maximum atomic E-state index is 13.8. The number of nitrogens with one attached hydrogen (secondary N) is 4. The fourth-order valence-electron chi connectivity index (χ4n) is 3.77. The van der Waals surface area contributed by atoms with Crippen LogP contribution in [0.3, 0.4) is 0 Å². The van der Waals surface area contributed by atoms with E-state index in [1.807, 2.05) is 19.0 Å². The summed E-state index contributed by atoms with van der Waals surface area (Å²) in [5.74, 6) is -2.08. The van der Waals surface area contributed by atoms with E-state index in [4.69, 9.17) is 0 Å². The summed E-state index contributed by atoms with van der Waals surface area (Å²) in [6.07, 6.45) is -0.211. The molecule has 0 spiro atoms. The Morgan fingerprint density at radius 1 is 1.16 bits per heavy atom. The van der Waals surface area contributed by atoms with Crippen LogP contribution >= 0.6 is 11.8 Å². The van der Waals surface area contributed by atoms with Gasteiger partial charge in [-0.1, -0.05) is 30.0 Å². The van der Waals surface area contributed by atoms with Crippen molar-refractivity contribution in [2.45, 2.75) is 24.6 Å². The molecule has 1 saturated heterocycles. The van der Waals surface area contributed by atoms with Gasteiger partial charge in [0.2, 0.25) is 17.7 Å². The molecule has 0 bridgehead atoms. The molecule has 0 unspecified atom stereocenters. The Labute approximate surface area is 220 Å². The number of amidine groups is 1. The van der Waals surface area contributed by atoms with Crippen LogP contribution in [-0.4, -0.2) is 51.4 Å². The topological polar surface area (TPSA) is 160 Å². The first kappa shape index (κ1) is 26.7. The standard InChI is InChI=1S/C25H25FN6O5S/c1-12-4-7-14(10-16(12)26)27-18(33)11-17-21(34)31-25(38-17)28-20(13-5-8-15(9-6-13)32(2)3)19-22(35)29-24(37)30-23(19)36/h4-10,17,20H,11H2,1-3H3,(H,27,33)(H,28,31,34)(H3,29,30,35,36,37)/t17-,20+/m0/s1. The molecule has 1 fully saturated rings. The molecule has 0 aliphatic carbocycles. The highest BCUT2D eigenvalue weighted by Gasteiger charge is 2.34. The highest BCUT2D eigenvalue weighted by molar-refractivity contribution is 8.15. The number of nitrogens with zero attached hydrogens (tertiary/aromatic N) is 2. The lowest BCUT2D eigenvalue weighted by Crippen LogP contribution is -2.29. The third-order valence-electron chi connectivity index (χ3n) is 5.81. The second-order valence-corrected chi connectivity index (χ2v) is 10.00. The summed E-state index contributed by atoms with van der Waals surface area (Å²) in [5, 5.41) is 14.9. The van der Waals surface area contributed by atoms with Crippen molar-refractivity contribution in [3.05, 3.63) is 85.8 Å². The van der Waals surface area contributed by atoms with Crippen molar-refractivity contribution >= 4 is 40.1 Å². The van der Waals surface area contributed by atoms with Crippen molar-refractivity contribution < 1.29 is 19.1 Å². The Kier molecular flexibility index (Phi) is 7.67. The third kappa shape index (κ3) is 5.94. The number of aromatic nitrogens is 2. The van der Waals surface area contributed by atoms with E-state index >= 15 is 0 Å². The number of carbonyl (C=O) groups is 2. The first-order chi connectivity index (χ1) is 18.0. The van der Waals surface area contributed by atoms with Crippen LogP contribution in [0.15, 0.2) is 57.0 Å². The number of aryl methyl sites for hydroxylation is 1. The Morgan fingerprint density at radius 3 is 2.50 bits per heavy atom. The smallest absolute Gasteiger partial charge is 0.328 e. The predicted octanol–water partition coefficient (Wildman–Crippen LogP) is 1.99. The number of amides is 2. The summed E-state index contributed by atoms with van der Waals surface area (Å²) >= 11 is 0.984. The monoisotopic (exact) mass is 540 g/mol. The summed E-state index contributed by atoms with van der Waals surface area (Å²) in [6, 6.07) is 10.2. The van der Waals surface area contributed by atoms with E-state index in [0.29, 0.717) is 11.1 Å². The average molecular weight is 541 g/mol.